The van der Waals surface area contributed by atoms with E-state index in [9.17, 15) is 5.11 Å². The van der Waals surface area contributed by atoms with Gasteiger partial charge >= 0.3 is 0 Å². The van der Waals surface area contributed by atoms with Crippen molar-refractivity contribution in [2.45, 2.75) is 32.4 Å². The third kappa shape index (κ3) is 2.74. The summed E-state index contributed by atoms with van der Waals surface area (Å²) in [5.41, 5.74) is 1.57. The Morgan fingerprint density at radius 1 is 1.24 bits per heavy atom. The van der Waals surface area contributed by atoms with Crippen molar-refractivity contribution in [1.29, 1.82) is 0 Å². The molecule has 0 radical (unpaired) electrons. The largest absolute Gasteiger partial charge is 0.386 e. The van der Waals surface area contributed by atoms with Gasteiger partial charge in [-0.15, -0.1) is 0 Å². The van der Waals surface area contributed by atoms with Crippen LogP contribution in [0.1, 0.15) is 37.4 Å². The zero-order valence-electron chi connectivity index (χ0n) is 10.4. The summed E-state index contributed by atoms with van der Waals surface area (Å²) in [7, 11) is 1.84. The van der Waals surface area contributed by atoms with Gasteiger partial charge in [0.25, 0.3) is 0 Å². The highest BCUT2D eigenvalue weighted by molar-refractivity contribution is 5.09. The Balaban J connectivity index is 2.05. The number of aromatic nitrogens is 4. The highest BCUT2D eigenvalue weighted by Crippen LogP contribution is 2.15. The lowest BCUT2D eigenvalue weighted by molar-refractivity contribution is 0.171. The van der Waals surface area contributed by atoms with Crippen molar-refractivity contribution in [3.63, 3.8) is 0 Å². The molecule has 0 amide bonds. The molecule has 0 aromatic carbocycles. The van der Waals surface area contributed by atoms with Crippen LogP contribution in [0, 0.1) is 0 Å². The second kappa shape index (κ2) is 4.71. The highest BCUT2D eigenvalue weighted by Gasteiger charge is 2.13. The monoisotopic (exact) mass is 234 g/mol. The maximum Gasteiger partial charge on any atom is 0.103 e. The molecule has 0 aliphatic carbocycles. The van der Waals surface area contributed by atoms with Crippen LogP contribution in [0.2, 0.25) is 0 Å². The SMILES string of the molecule is CC(C)n1ccc(CC(O)c2ccn(C)n2)n1. The molecule has 2 rings (SSSR count). The van der Waals surface area contributed by atoms with Gasteiger partial charge in [0.05, 0.1) is 11.4 Å². The Labute approximate surface area is 101 Å². The first kappa shape index (κ1) is 11.9. The van der Waals surface area contributed by atoms with E-state index in [1.807, 2.05) is 36.3 Å². The maximum atomic E-state index is 10.0. The van der Waals surface area contributed by atoms with Crippen LogP contribution >= 0.6 is 0 Å². The van der Waals surface area contributed by atoms with Gasteiger partial charge in [0, 0.05) is 31.9 Å². The Morgan fingerprint density at radius 2 is 2.00 bits per heavy atom. The topological polar surface area (TPSA) is 55.9 Å². The minimum Gasteiger partial charge on any atom is -0.386 e. The maximum absolute atomic E-state index is 10.0. The number of aryl methyl sites for hydroxylation is 1. The predicted octanol–water partition coefficient (Wildman–Crippen LogP) is 1.47. The van der Waals surface area contributed by atoms with Gasteiger partial charge in [-0.25, -0.2) is 0 Å². The minimum atomic E-state index is -0.591. The molecule has 0 bridgehead atoms. The minimum absolute atomic E-state index is 0.343. The average molecular weight is 234 g/mol. The van der Waals surface area contributed by atoms with Crippen molar-refractivity contribution >= 4 is 0 Å². The van der Waals surface area contributed by atoms with Gasteiger partial charge in [-0.1, -0.05) is 0 Å². The van der Waals surface area contributed by atoms with Gasteiger partial charge < -0.3 is 5.11 Å². The first-order valence-electron chi connectivity index (χ1n) is 5.78. The van der Waals surface area contributed by atoms with Crippen LogP contribution in [0.25, 0.3) is 0 Å². The predicted molar refractivity (Wildman–Crippen MR) is 64.5 cm³/mol. The fraction of sp³-hybridized carbons (Fsp3) is 0.500. The van der Waals surface area contributed by atoms with E-state index in [4.69, 9.17) is 0 Å². The summed E-state index contributed by atoms with van der Waals surface area (Å²) >= 11 is 0. The molecule has 0 aliphatic rings. The molecule has 0 saturated heterocycles. The van der Waals surface area contributed by atoms with Crippen molar-refractivity contribution in [1.82, 2.24) is 19.6 Å². The summed E-state index contributed by atoms with van der Waals surface area (Å²) < 4.78 is 3.58. The second-order valence-electron chi connectivity index (χ2n) is 4.52. The van der Waals surface area contributed by atoms with E-state index in [2.05, 4.69) is 24.0 Å². The van der Waals surface area contributed by atoms with Crippen molar-refractivity contribution in [3.05, 3.63) is 35.9 Å². The number of rotatable bonds is 4. The molecule has 1 N–H and O–H groups in total. The van der Waals surface area contributed by atoms with Crippen molar-refractivity contribution in [2.75, 3.05) is 0 Å². The molecule has 92 valence electrons. The van der Waals surface area contributed by atoms with E-state index in [0.717, 1.165) is 5.69 Å². The van der Waals surface area contributed by atoms with Gasteiger partial charge in [0.1, 0.15) is 6.10 Å². The molecule has 0 spiro atoms. The highest BCUT2D eigenvalue weighted by atomic mass is 16.3. The molecule has 1 unspecified atom stereocenters. The summed E-state index contributed by atoms with van der Waals surface area (Å²) in [6.45, 7) is 4.15. The summed E-state index contributed by atoms with van der Waals surface area (Å²) in [5, 5.41) is 18.6. The van der Waals surface area contributed by atoms with E-state index in [1.54, 1.807) is 4.68 Å². The van der Waals surface area contributed by atoms with Gasteiger partial charge in [0.2, 0.25) is 0 Å². The summed E-state index contributed by atoms with van der Waals surface area (Å²) in [6, 6.07) is 4.10. The molecule has 2 aromatic rings. The Bertz CT molecular complexity index is 486. The summed E-state index contributed by atoms with van der Waals surface area (Å²) in [5.74, 6) is 0. The Hall–Kier alpha value is -1.62. The molecule has 1 atom stereocenters. The number of hydrogen-bond acceptors (Lipinski definition) is 3. The van der Waals surface area contributed by atoms with Crippen molar-refractivity contribution in [2.24, 2.45) is 7.05 Å². The third-order valence-electron chi connectivity index (χ3n) is 2.67. The van der Waals surface area contributed by atoms with E-state index in [1.165, 1.54) is 0 Å². The molecule has 0 aliphatic heterocycles. The zero-order valence-corrected chi connectivity index (χ0v) is 10.4. The number of aliphatic hydroxyl groups is 1. The standard InChI is InChI=1S/C12H18N4O/c1-9(2)16-7-4-10(13-16)8-12(17)11-5-6-15(3)14-11/h4-7,9,12,17H,8H2,1-3H3. The van der Waals surface area contributed by atoms with Crippen LogP contribution in [0.5, 0.6) is 0 Å². The number of hydrogen-bond donors (Lipinski definition) is 1. The fourth-order valence-corrected chi connectivity index (χ4v) is 1.69. The average Bonchev–Trinajstić information content (AvgIpc) is 2.86. The first-order chi connectivity index (χ1) is 8.06. The fourth-order valence-electron chi connectivity index (χ4n) is 1.69. The molecule has 2 heterocycles. The molecular formula is C12H18N4O. The van der Waals surface area contributed by atoms with Crippen LogP contribution in [0.4, 0.5) is 0 Å². The lowest BCUT2D eigenvalue weighted by Gasteiger charge is -2.06. The van der Waals surface area contributed by atoms with Crippen molar-refractivity contribution < 1.29 is 5.11 Å². The third-order valence-corrected chi connectivity index (χ3v) is 2.67. The quantitative estimate of drug-likeness (QED) is 0.871. The summed E-state index contributed by atoms with van der Waals surface area (Å²) in [6.07, 6.45) is 3.67. The van der Waals surface area contributed by atoms with Crippen LogP contribution < -0.4 is 0 Å². The van der Waals surface area contributed by atoms with Crippen LogP contribution in [-0.4, -0.2) is 24.7 Å². The lowest BCUT2D eigenvalue weighted by Crippen LogP contribution is -2.06. The lowest BCUT2D eigenvalue weighted by atomic mass is 10.1. The van der Waals surface area contributed by atoms with E-state index < -0.39 is 6.10 Å². The van der Waals surface area contributed by atoms with Crippen LogP contribution in [0.15, 0.2) is 24.5 Å². The molecule has 2 aromatic heterocycles. The number of aliphatic hydroxyl groups excluding tert-OH is 1. The van der Waals surface area contributed by atoms with Gasteiger partial charge in [-0.3, -0.25) is 9.36 Å². The molecule has 0 saturated carbocycles. The van der Waals surface area contributed by atoms with Gasteiger partial charge in [-0.2, -0.15) is 10.2 Å². The molecule has 5 nitrogen and oxygen atoms in total. The second-order valence-corrected chi connectivity index (χ2v) is 4.52. The molecule has 17 heavy (non-hydrogen) atoms. The van der Waals surface area contributed by atoms with Gasteiger partial charge in [-0.05, 0) is 26.0 Å². The smallest absolute Gasteiger partial charge is 0.103 e. The van der Waals surface area contributed by atoms with E-state index in [0.29, 0.717) is 18.2 Å². The van der Waals surface area contributed by atoms with E-state index >= 15 is 0 Å². The first-order valence-corrected chi connectivity index (χ1v) is 5.78. The molecular weight excluding hydrogens is 216 g/mol. The van der Waals surface area contributed by atoms with E-state index in [-0.39, 0.29) is 0 Å². The normalized spacial score (nSPS) is 13.2. The van der Waals surface area contributed by atoms with Crippen LogP contribution in [-0.2, 0) is 13.5 Å². The number of nitrogens with zero attached hydrogens (tertiary/aromatic N) is 4. The summed E-state index contributed by atoms with van der Waals surface area (Å²) in [4.78, 5) is 0. The Morgan fingerprint density at radius 3 is 2.53 bits per heavy atom. The molecule has 5 heteroatoms. The Kier molecular flexibility index (Phi) is 3.28. The van der Waals surface area contributed by atoms with Gasteiger partial charge in [0.15, 0.2) is 0 Å². The zero-order chi connectivity index (χ0) is 12.4. The van der Waals surface area contributed by atoms with Crippen LogP contribution in [0.3, 0.4) is 0 Å². The van der Waals surface area contributed by atoms with Crippen molar-refractivity contribution in [3.8, 4) is 0 Å². The molecule has 0 fully saturated rings.